The molecule has 0 nitrogen and oxygen atoms in total. The van der Waals surface area contributed by atoms with Crippen molar-refractivity contribution in [2.24, 2.45) is 0 Å². The quantitative estimate of drug-likeness (QED) is 0.237. The largest absolute Gasteiger partial charge is 0.0895 e. The Morgan fingerprint density at radius 1 is 0.351 bits per heavy atom. The molecule has 0 spiro atoms. The molecule has 0 aliphatic rings. The maximum Gasteiger partial charge on any atom is 0.0200 e. The molecule has 0 aliphatic heterocycles. The minimum atomic E-state index is 1.24. The highest BCUT2D eigenvalue weighted by Crippen LogP contribution is 2.38. The van der Waals surface area contributed by atoms with Gasteiger partial charge in [-0.25, -0.2) is 0 Å². The van der Waals surface area contributed by atoms with Gasteiger partial charge in [-0.1, -0.05) is 133 Å². The summed E-state index contributed by atoms with van der Waals surface area (Å²) in [4.78, 5) is 2.54. The summed E-state index contributed by atoms with van der Waals surface area (Å²) in [6, 6.07) is 52.8. The second-order valence-corrected chi connectivity index (χ2v) is 10.5. The van der Waals surface area contributed by atoms with Gasteiger partial charge in [-0.15, -0.1) is 0 Å². The molecule has 37 heavy (non-hydrogen) atoms. The van der Waals surface area contributed by atoms with E-state index in [-0.39, 0.29) is 0 Å². The predicted octanol–water partition coefficient (Wildman–Crippen LogP) is 10.6. The van der Waals surface area contributed by atoms with Crippen LogP contribution in [0.25, 0.3) is 54.6 Å². The molecule has 7 aromatic rings. The first-order chi connectivity index (χ1) is 18.3. The van der Waals surface area contributed by atoms with E-state index in [1.165, 1.54) is 64.4 Å². The molecule has 7 rings (SSSR count). The minimum absolute atomic E-state index is 1.24. The molecule has 0 saturated carbocycles. The average Bonchev–Trinajstić information content (AvgIpc) is 2.97. The monoisotopic (exact) mass is 488 g/mol. The van der Waals surface area contributed by atoms with Crippen LogP contribution in [0, 0.1) is 0 Å². The maximum atomic E-state index is 2.30. The SMILES string of the molecule is c1ccc2cc(-c3ccc(-c4ccc(Sc5cccc6ccccc56)cc4)c4ccccc34)ccc2c1. The minimum Gasteiger partial charge on any atom is -0.0895 e. The first-order valence-electron chi connectivity index (χ1n) is 12.6. The van der Waals surface area contributed by atoms with Gasteiger partial charge in [-0.2, -0.15) is 0 Å². The molecule has 0 bridgehead atoms. The van der Waals surface area contributed by atoms with Crippen molar-refractivity contribution in [1.82, 2.24) is 0 Å². The smallest absolute Gasteiger partial charge is 0.0200 e. The molecule has 0 radical (unpaired) electrons. The van der Waals surface area contributed by atoms with E-state index < -0.39 is 0 Å². The van der Waals surface area contributed by atoms with Crippen molar-refractivity contribution in [2.75, 3.05) is 0 Å². The number of fused-ring (bicyclic) bond motifs is 3. The highest BCUT2D eigenvalue weighted by Gasteiger charge is 2.10. The van der Waals surface area contributed by atoms with Crippen molar-refractivity contribution in [2.45, 2.75) is 9.79 Å². The third-order valence-corrected chi connectivity index (χ3v) is 8.21. The Morgan fingerprint density at radius 2 is 0.919 bits per heavy atom. The number of hydrogen-bond acceptors (Lipinski definition) is 1. The summed E-state index contributed by atoms with van der Waals surface area (Å²) in [5.74, 6) is 0. The predicted molar refractivity (Wildman–Crippen MR) is 160 cm³/mol. The molecule has 0 unspecified atom stereocenters. The lowest BCUT2D eigenvalue weighted by Gasteiger charge is -2.13. The number of benzene rings is 7. The van der Waals surface area contributed by atoms with Crippen LogP contribution in [-0.2, 0) is 0 Å². The van der Waals surface area contributed by atoms with Crippen molar-refractivity contribution in [3.63, 3.8) is 0 Å². The van der Waals surface area contributed by atoms with Gasteiger partial charge in [0.25, 0.3) is 0 Å². The molecule has 0 fully saturated rings. The lowest BCUT2D eigenvalue weighted by molar-refractivity contribution is 1.43. The summed E-state index contributed by atoms with van der Waals surface area (Å²) < 4.78 is 0. The lowest BCUT2D eigenvalue weighted by Crippen LogP contribution is -1.87. The molecule has 0 saturated heterocycles. The Bertz CT molecular complexity index is 1890. The molecule has 174 valence electrons. The van der Waals surface area contributed by atoms with Crippen LogP contribution >= 0.6 is 11.8 Å². The molecule has 0 N–H and O–H groups in total. The van der Waals surface area contributed by atoms with Gasteiger partial charge in [0.15, 0.2) is 0 Å². The van der Waals surface area contributed by atoms with E-state index in [0.717, 1.165) is 0 Å². The van der Waals surface area contributed by atoms with Crippen molar-refractivity contribution < 1.29 is 0 Å². The summed E-state index contributed by atoms with van der Waals surface area (Å²) in [6.07, 6.45) is 0. The molecule has 0 aromatic heterocycles. The maximum absolute atomic E-state index is 2.30. The Morgan fingerprint density at radius 3 is 1.68 bits per heavy atom. The number of rotatable bonds is 4. The van der Waals surface area contributed by atoms with Gasteiger partial charge in [0.05, 0.1) is 0 Å². The lowest BCUT2D eigenvalue weighted by atomic mass is 9.91. The topological polar surface area (TPSA) is 0 Å². The van der Waals surface area contributed by atoms with Crippen LogP contribution in [0.15, 0.2) is 155 Å². The van der Waals surface area contributed by atoms with E-state index in [4.69, 9.17) is 0 Å². The fourth-order valence-corrected chi connectivity index (χ4v) is 6.24. The normalized spacial score (nSPS) is 11.4. The summed E-state index contributed by atoms with van der Waals surface area (Å²) in [7, 11) is 0. The van der Waals surface area contributed by atoms with Crippen LogP contribution in [0.1, 0.15) is 0 Å². The van der Waals surface area contributed by atoms with Gasteiger partial charge in [0.1, 0.15) is 0 Å². The second-order valence-electron chi connectivity index (χ2n) is 9.37. The third-order valence-electron chi connectivity index (χ3n) is 7.13. The fraction of sp³-hybridized carbons (Fsp3) is 0. The molecular formula is C36H24S. The average molecular weight is 489 g/mol. The fourth-order valence-electron chi connectivity index (χ4n) is 5.27. The van der Waals surface area contributed by atoms with Crippen LogP contribution < -0.4 is 0 Å². The van der Waals surface area contributed by atoms with Gasteiger partial charge >= 0.3 is 0 Å². The summed E-state index contributed by atoms with van der Waals surface area (Å²) >= 11 is 1.83. The molecule has 0 amide bonds. The van der Waals surface area contributed by atoms with Crippen LogP contribution in [0.4, 0.5) is 0 Å². The Labute approximate surface area is 221 Å². The highest BCUT2D eigenvalue weighted by atomic mass is 32.2. The Kier molecular flexibility index (Phi) is 5.49. The molecule has 0 heterocycles. The van der Waals surface area contributed by atoms with Crippen LogP contribution in [0.2, 0.25) is 0 Å². The first kappa shape index (κ1) is 21.9. The van der Waals surface area contributed by atoms with E-state index >= 15 is 0 Å². The Balaban J connectivity index is 1.26. The van der Waals surface area contributed by atoms with Crippen LogP contribution in [0.3, 0.4) is 0 Å². The summed E-state index contributed by atoms with van der Waals surface area (Å²) in [5, 5.41) is 7.68. The summed E-state index contributed by atoms with van der Waals surface area (Å²) in [6.45, 7) is 0. The Hall–Kier alpha value is -4.33. The van der Waals surface area contributed by atoms with Crippen LogP contribution in [-0.4, -0.2) is 0 Å². The van der Waals surface area contributed by atoms with Gasteiger partial charge < -0.3 is 0 Å². The van der Waals surface area contributed by atoms with Crippen LogP contribution in [0.5, 0.6) is 0 Å². The van der Waals surface area contributed by atoms with Gasteiger partial charge in [0.2, 0.25) is 0 Å². The van der Waals surface area contributed by atoms with E-state index in [9.17, 15) is 0 Å². The van der Waals surface area contributed by atoms with Gasteiger partial charge in [-0.05, 0) is 78.8 Å². The molecule has 7 aromatic carbocycles. The van der Waals surface area contributed by atoms with E-state index in [1.807, 2.05) is 11.8 Å². The van der Waals surface area contributed by atoms with E-state index in [0.29, 0.717) is 0 Å². The first-order valence-corrected chi connectivity index (χ1v) is 13.4. The zero-order valence-corrected chi connectivity index (χ0v) is 21.1. The summed E-state index contributed by atoms with van der Waals surface area (Å²) in [5.41, 5.74) is 5.03. The second kappa shape index (κ2) is 9.28. The molecular weight excluding hydrogens is 464 g/mol. The molecule has 0 aliphatic carbocycles. The molecule has 0 atom stereocenters. The standard InChI is InChI=1S/C36H24S/c1-2-10-28-24-29(17-16-25(28)8-1)32-23-22-31(34-13-5-6-14-35(32)34)27-18-20-30(21-19-27)37-36-15-7-11-26-9-3-4-12-33(26)36/h1-24H. The molecule has 1 heteroatoms. The van der Waals surface area contributed by atoms with Crippen molar-refractivity contribution in [3.8, 4) is 22.3 Å². The van der Waals surface area contributed by atoms with E-state index in [2.05, 4.69) is 146 Å². The zero-order chi connectivity index (χ0) is 24.6. The third kappa shape index (κ3) is 4.08. The van der Waals surface area contributed by atoms with Crippen molar-refractivity contribution >= 4 is 44.1 Å². The van der Waals surface area contributed by atoms with Crippen molar-refractivity contribution in [1.29, 1.82) is 0 Å². The van der Waals surface area contributed by atoms with Crippen molar-refractivity contribution in [3.05, 3.63) is 146 Å². The number of hydrogen-bond donors (Lipinski definition) is 0. The zero-order valence-electron chi connectivity index (χ0n) is 20.3. The van der Waals surface area contributed by atoms with E-state index in [1.54, 1.807) is 0 Å². The van der Waals surface area contributed by atoms with Gasteiger partial charge in [0, 0.05) is 9.79 Å². The van der Waals surface area contributed by atoms with Gasteiger partial charge in [-0.3, -0.25) is 0 Å². The highest BCUT2D eigenvalue weighted by molar-refractivity contribution is 7.99.